The Balaban J connectivity index is 2.11. The molecule has 8 nitrogen and oxygen atoms in total. The third-order valence-electron chi connectivity index (χ3n) is 3.73. The minimum Gasteiger partial charge on any atom is -0.351 e. The monoisotopic (exact) mass is 326 g/mol. The van der Waals surface area contributed by atoms with Crippen LogP contribution in [-0.4, -0.2) is 37.4 Å². The van der Waals surface area contributed by atoms with E-state index in [9.17, 15) is 9.59 Å². The number of imide groups is 1. The number of rotatable bonds is 5. The van der Waals surface area contributed by atoms with Crippen molar-refractivity contribution in [2.75, 3.05) is 0 Å². The van der Waals surface area contributed by atoms with Crippen LogP contribution in [0, 0.1) is 5.92 Å². The van der Waals surface area contributed by atoms with Crippen LogP contribution < -0.4 is 11.1 Å². The summed E-state index contributed by atoms with van der Waals surface area (Å²) < 4.78 is 1.82. The first kappa shape index (κ1) is 16.7. The molecule has 0 bridgehead atoms. The van der Waals surface area contributed by atoms with E-state index in [1.54, 1.807) is 0 Å². The maximum absolute atomic E-state index is 12.1. The molecule has 22 heavy (non-hydrogen) atoms. The lowest BCUT2D eigenvalue weighted by molar-refractivity contribution is -0.120. The molecule has 0 saturated heterocycles. The molecule has 1 heterocycles. The third kappa shape index (κ3) is 4.19. The third-order valence-corrected chi connectivity index (χ3v) is 5.22. The second kappa shape index (κ2) is 7.57. The molecular formula is C13H22N6O2S. The fourth-order valence-corrected chi connectivity index (χ4v) is 3.66. The van der Waals surface area contributed by atoms with Gasteiger partial charge in [0.2, 0.25) is 11.1 Å². The van der Waals surface area contributed by atoms with Crippen molar-refractivity contribution in [3.8, 4) is 0 Å². The number of hydrogen-bond acceptors (Lipinski definition) is 6. The molecule has 1 aromatic rings. The number of primary amides is 1. The summed E-state index contributed by atoms with van der Waals surface area (Å²) in [6, 6.07) is -0.554. The molecule has 0 aromatic carbocycles. The van der Waals surface area contributed by atoms with Gasteiger partial charge in [0.15, 0.2) is 0 Å². The van der Waals surface area contributed by atoms with Crippen molar-refractivity contribution >= 4 is 23.7 Å². The largest absolute Gasteiger partial charge is 0.351 e. The summed E-state index contributed by atoms with van der Waals surface area (Å²) in [5, 5.41) is 14.2. The summed E-state index contributed by atoms with van der Waals surface area (Å²) in [6.45, 7) is 3.82. The molecule has 0 spiro atoms. The predicted octanol–water partition coefficient (Wildman–Crippen LogP) is 1.49. The van der Waals surface area contributed by atoms with E-state index < -0.39 is 17.2 Å². The van der Waals surface area contributed by atoms with Crippen LogP contribution in [0.5, 0.6) is 0 Å². The molecule has 3 amide bonds. The lowest BCUT2D eigenvalue weighted by Crippen LogP contribution is -2.42. The summed E-state index contributed by atoms with van der Waals surface area (Å²) in [5.74, 6) is -0.397. The van der Waals surface area contributed by atoms with Crippen molar-refractivity contribution in [2.45, 2.75) is 62.4 Å². The van der Waals surface area contributed by atoms with Gasteiger partial charge in [0.1, 0.15) is 0 Å². The van der Waals surface area contributed by atoms with Crippen LogP contribution in [0.15, 0.2) is 5.16 Å². The van der Waals surface area contributed by atoms with E-state index in [1.165, 1.54) is 31.0 Å². The van der Waals surface area contributed by atoms with Crippen LogP contribution in [-0.2, 0) is 4.79 Å². The number of amides is 3. The quantitative estimate of drug-likeness (QED) is 0.792. The van der Waals surface area contributed by atoms with Crippen LogP contribution in [0.4, 0.5) is 4.79 Å². The minimum atomic E-state index is -0.844. The highest BCUT2D eigenvalue weighted by molar-refractivity contribution is 8.00. The number of thioether (sulfide) groups is 1. The van der Waals surface area contributed by atoms with Gasteiger partial charge < -0.3 is 5.73 Å². The lowest BCUT2D eigenvalue weighted by atomic mass is 9.96. The maximum Gasteiger partial charge on any atom is 0.318 e. The molecule has 0 unspecified atom stereocenters. The Morgan fingerprint density at radius 3 is 2.59 bits per heavy atom. The fourth-order valence-electron chi connectivity index (χ4n) is 2.62. The summed E-state index contributed by atoms with van der Waals surface area (Å²) in [4.78, 5) is 23.0. The molecule has 1 saturated carbocycles. The van der Waals surface area contributed by atoms with E-state index >= 15 is 0 Å². The van der Waals surface area contributed by atoms with E-state index in [1.807, 2.05) is 18.5 Å². The number of carbonyl (C=O) groups excluding carboxylic acids is 2. The minimum absolute atomic E-state index is 0.0147. The average Bonchev–Trinajstić information content (AvgIpc) is 2.92. The summed E-state index contributed by atoms with van der Waals surface area (Å²) in [6.07, 6.45) is 5.70. The van der Waals surface area contributed by atoms with E-state index in [4.69, 9.17) is 5.73 Å². The molecule has 3 N–H and O–H groups in total. The van der Waals surface area contributed by atoms with Crippen LogP contribution >= 0.6 is 11.8 Å². The second-order valence-electron chi connectivity index (χ2n) is 5.83. The Hall–Kier alpha value is -1.64. The number of nitrogens with one attached hydrogen (secondary N) is 1. The van der Waals surface area contributed by atoms with Crippen LogP contribution in [0.1, 0.15) is 52.0 Å². The van der Waals surface area contributed by atoms with Gasteiger partial charge in [0, 0.05) is 0 Å². The smallest absolute Gasteiger partial charge is 0.318 e. The van der Waals surface area contributed by atoms with E-state index in [2.05, 4.69) is 20.8 Å². The van der Waals surface area contributed by atoms with E-state index in [-0.39, 0.29) is 5.92 Å². The highest BCUT2D eigenvalue weighted by Gasteiger charge is 2.29. The van der Waals surface area contributed by atoms with Gasteiger partial charge in [0.25, 0.3) is 0 Å². The van der Waals surface area contributed by atoms with Gasteiger partial charge in [0.05, 0.1) is 11.3 Å². The van der Waals surface area contributed by atoms with Gasteiger partial charge in [-0.15, -0.1) is 5.10 Å². The molecular weight excluding hydrogens is 304 g/mol. The number of nitrogens with zero attached hydrogens (tertiary/aromatic N) is 4. The van der Waals surface area contributed by atoms with Crippen molar-refractivity contribution in [1.29, 1.82) is 0 Å². The topological polar surface area (TPSA) is 116 Å². The molecule has 1 aliphatic carbocycles. The van der Waals surface area contributed by atoms with Gasteiger partial charge in [-0.05, 0) is 29.2 Å². The zero-order valence-corrected chi connectivity index (χ0v) is 13.7. The Morgan fingerprint density at radius 1 is 1.32 bits per heavy atom. The van der Waals surface area contributed by atoms with Crippen molar-refractivity contribution < 1.29 is 9.59 Å². The molecule has 2 rings (SSSR count). The Bertz CT molecular complexity index is 526. The standard InChI is InChI=1S/C13H22N6O2S/c1-8(2)10(11(20)15-12(14)21)22-13-16-17-18-19(13)9-6-4-3-5-7-9/h8-10H,3-7H2,1-2H3,(H3,14,15,20,21)/t10-/m0/s1. The van der Waals surface area contributed by atoms with Crippen molar-refractivity contribution in [3.05, 3.63) is 0 Å². The van der Waals surface area contributed by atoms with Gasteiger partial charge >= 0.3 is 6.03 Å². The lowest BCUT2D eigenvalue weighted by Gasteiger charge is -2.23. The van der Waals surface area contributed by atoms with Crippen LogP contribution in [0.25, 0.3) is 0 Å². The first-order chi connectivity index (χ1) is 10.5. The van der Waals surface area contributed by atoms with Gasteiger partial charge in [-0.2, -0.15) is 0 Å². The summed E-state index contributed by atoms with van der Waals surface area (Å²) in [5.41, 5.74) is 5.03. The Labute approximate surface area is 133 Å². The normalized spacial score (nSPS) is 17.4. The van der Waals surface area contributed by atoms with Gasteiger partial charge in [-0.1, -0.05) is 44.9 Å². The molecule has 122 valence electrons. The predicted molar refractivity (Wildman–Crippen MR) is 82.1 cm³/mol. The number of urea groups is 1. The average molecular weight is 326 g/mol. The number of tetrazole rings is 1. The molecule has 1 aromatic heterocycles. The van der Waals surface area contributed by atoms with Gasteiger partial charge in [-0.25, -0.2) is 9.48 Å². The molecule has 1 aliphatic rings. The molecule has 1 fully saturated rings. The first-order valence-electron chi connectivity index (χ1n) is 7.54. The highest BCUT2D eigenvalue weighted by Crippen LogP contribution is 2.33. The second-order valence-corrected chi connectivity index (χ2v) is 6.94. The SMILES string of the molecule is CC(C)[C@H](Sc1nnnn1C1CCCCC1)C(=O)NC(N)=O. The zero-order chi connectivity index (χ0) is 16.1. The van der Waals surface area contributed by atoms with Crippen LogP contribution in [0.3, 0.4) is 0 Å². The maximum atomic E-state index is 12.1. The summed E-state index contributed by atoms with van der Waals surface area (Å²) in [7, 11) is 0. The molecule has 0 radical (unpaired) electrons. The number of carbonyl (C=O) groups is 2. The molecule has 1 atom stereocenters. The Kier molecular flexibility index (Phi) is 5.76. The zero-order valence-electron chi connectivity index (χ0n) is 12.9. The van der Waals surface area contributed by atoms with Crippen molar-refractivity contribution in [1.82, 2.24) is 25.5 Å². The van der Waals surface area contributed by atoms with E-state index in [0.717, 1.165) is 12.8 Å². The molecule has 9 heteroatoms. The number of aromatic nitrogens is 4. The highest BCUT2D eigenvalue weighted by atomic mass is 32.2. The van der Waals surface area contributed by atoms with Crippen molar-refractivity contribution in [3.63, 3.8) is 0 Å². The number of nitrogens with two attached hydrogens (primary N) is 1. The van der Waals surface area contributed by atoms with Crippen LogP contribution in [0.2, 0.25) is 0 Å². The number of hydrogen-bond donors (Lipinski definition) is 2. The van der Waals surface area contributed by atoms with Gasteiger partial charge in [-0.3, -0.25) is 10.1 Å². The first-order valence-corrected chi connectivity index (χ1v) is 8.42. The fraction of sp³-hybridized carbons (Fsp3) is 0.769. The Morgan fingerprint density at radius 2 is 2.00 bits per heavy atom. The molecule has 0 aliphatic heterocycles. The van der Waals surface area contributed by atoms with E-state index in [0.29, 0.717) is 11.2 Å². The van der Waals surface area contributed by atoms with Crippen molar-refractivity contribution in [2.24, 2.45) is 11.7 Å². The summed E-state index contributed by atoms with van der Waals surface area (Å²) >= 11 is 1.28.